The van der Waals surface area contributed by atoms with Gasteiger partial charge in [-0.1, -0.05) is 12.1 Å². The molecular weight excluding hydrogens is 202 g/mol. The highest BCUT2D eigenvalue weighted by molar-refractivity contribution is 6.31. The topological polar surface area (TPSA) is 46.2 Å². The van der Waals surface area contributed by atoms with Crippen molar-refractivity contribution in [2.45, 2.75) is 6.92 Å². The van der Waals surface area contributed by atoms with E-state index in [-0.39, 0.29) is 17.6 Å². The lowest BCUT2D eigenvalue weighted by Crippen LogP contribution is -2.11. The maximum Gasteiger partial charge on any atom is 0.221 e. The molecule has 14 heavy (non-hydrogen) atoms. The van der Waals surface area contributed by atoms with Crippen molar-refractivity contribution < 1.29 is 9.59 Å². The van der Waals surface area contributed by atoms with Gasteiger partial charge in [-0.15, -0.1) is 11.6 Å². The molecule has 0 bridgehead atoms. The van der Waals surface area contributed by atoms with Crippen molar-refractivity contribution in [1.82, 2.24) is 0 Å². The van der Waals surface area contributed by atoms with Crippen LogP contribution in [-0.2, 0) is 4.79 Å². The van der Waals surface area contributed by atoms with Crippen LogP contribution in [-0.4, -0.2) is 17.6 Å². The van der Waals surface area contributed by atoms with Crippen LogP contribution >= 0.6 is 11.6 Å². The quantitative estimate of drug-likeness (QED) is 0.615. The summed E-state index contributed by atoms with van der Waals surface area (Å²) < 4.78 is 0. The van der Waals surface area contributed by atoms with E-state index in [2.05, 4.69) is 5.32 Å². The number of carbonyl (C=O) groups excluding carboxylic acids is 2. The normalized spacial score (nSPS) is 9.57. The van der Waals surface area contributed by atoms with Crippen LogP contribution in [0.4, 0.5) is 5.69 Å². The van der Waals surface area contributed by atoms with Crippen LogP contribution in [0.1, 0.15) is 17.3 Å². The molecule has 0 unspecified atom stereocenters. The molecule has 0 aromatic heterocycles. The highest BCUT2D eigenvalue weighted by atomic mass is 35.5. The summed E-state index contributed by atoms with van der Waals surface area (Å²) in [6.45, 7) is 1.39. The summed E-state index contributed by atoms with van der Waals surface area (Å²) in [4.78, 5) is 22.2. The standard InChI is InChI=1S/C10H10ClNO2/c1-7(13)12-9-5-3-2-4-8(9)10(14)6-11/h2-5H,6H2,1H3,(H,12,13). The van der Waals surface area contributed by atoms with Crippen LogP contribution < -0.4 is 5.32 Å². The van der Waals surface area contributed by atoms with Crippen LogP contribution in [0.3, 0.4) is 0 Å². The van der Waals surface area contributed by atoms with Gasteiger partial charge in [0, 0.05) is 12.5 Å². The largest absolute Gasteiger partial charge is 0.326 e. The van der Waals surface area contributed by atoms with Crippen molar-refractivity contribution in [3.8, 4) is 0 Å². The second kappa shape index (κ2) is 4.77. The molecule has 1 amide bonds. The van der Waals surface area contributed by atoms with E-state index >= 15 is 0 Å². The molecule has 0 radical (unpaired) electrons. The molecule has 0 atom stereocenters. The van der Waals surface area contributed by atoms with E-state index in [1.165, 1.54) is 6.92 Å². The molecule has 0 saturated carbocycles. The number of Topliss-reactive ketones (excluding diaryl/α,β-unsaturated/α-hetero) is 1. The molecule has 1 N–H and O–H groups in total. The number of para-hydroxylation sites is 1. The average molecular weight is 212 g/mol. The Morgan fingerprint density at radius 2 is 2.00 bits per heavy atom. The Morgan fingerprint density at radius 1 is 1.36 bits per heavy atom. The zero-order valence-electron chi connectivity index (χ0n) is 7.71. The predicted molar refractivity (Wildman–Crippen MR) is 55.8 cm³/mol. The van der Waals surface area contributed by atoms with E-state index in [0.29, 0.717) is 11.3 Å². The van der Waals surface area contributed by atoms with Gasteiger partial charge in [0.25, 0.3) is 0 Å². The van der Waals surface area contributed by atoms with Gasteiger partial charge in [0.1, 0.15) is 0 Å². The molecule has 3 nitrogen and oxygen atoms in total. The molecule has 0 saturated heterocycles. The third-order valence-electron chi connectivity index (χ3n) is 1.66. The Labute approximate surface area is 87.1 Å². The number of benzene rings is 1. The molecule has 0 aliphatic carbocycles. The molecule has 74 valence electrons. The molecule has 0 fully saturated rings. The first kappa shape index (κ1) is 10.7. The zero-order chi connectivity index (χ0) is 10.6. The molecule has 0 heterocycles. The van der Waals surface area contributed by atoms with Crippen molar-refractivity contribution >= 4 is 29.0 Å². The summed E-state index contributed by atoms with van der Waals surface area (Å²) in [6, 6.07) is 6.78. The van der Waals surface area contributed by atoms with Gasteiger partial charge >= 0.3 is 0 Å². The summed E-state index contributed by atoms with van der Waals surface area (Å²) >= 11 is 5.43. The summed E-state index contributed by atoms with van der Waals surface area (Å²) in [5.74, 6) is -0.493. The van der Waals surface area contributed by atoms with Crippen LogP contribution in [0, 0.1) is 0 Å². The van der Waals surface area contributed by atoms with Gasteiger partial charge in [-0.05, 0) is 12.1 Å². The Kier molecular flexibility index (Phi) is 3.65. The number of ketones is 1. The Balaban J connectivity index is 3.02. The van der Waals surface area contributed by atoms with Crippen LogP contribution in [0.25, 0.3) is 0 Å². The molecular formula is C10H10ClNO2. The minimum atomic E-state index is -0.208. The maximum atomic E-state index is 11.3. The van der Waals surface area contributed by atoms with E-state index < -0.39 is 0 Å². The molecule has 0 aliphatic rings. The molecule has 1 aromatic rings. The van der Waals surface area contributed by atoms with Gasteiger partial charge in [0.2, 0.25) is 5.91 Å². The second-order valence-corrected chi connectivity index (χ2v) is 3.05. The number of hydrogen-bond donors (Lipinski definition) is 1. The first-order valence-electron chi connectivity index (χ1n) is 4.11. The predicted octanol–water partition coefficient (Wildman–Crippen LogP) is 2.07. The fourth-order valence-electron chi connectivity index (χ4n) is 1.10. The van der Waals surface area contributed by atoms with E-state index in [0.717, 1.165) is 0 Å². The fourth-order valence-corrected chi connectivity index (χ4v) is 1.24. The number of carbonyl (C=O) groups is 2. The van der Waals surface area contributed by atoms with Crippen LogP contribution in [0.2, 0.25) is 0 Å². The number of hydrogen-bond acceptors (Lipinski definition) is 2. The number of rotatable bonds is 3. The van der Waals surface area contributed by atoms with Gasteiger partial charge in [-0.2, -0.15) is 0 Å². The number of halogens is 1. The van der Waals surface area contributed by atoms with Gasteiger partial charge in [0.15, 0.2) is 5.78 Å². The molecule has 0 aliphatic heterocycles. The maximum absolute atomic E-state index is 11.3. The lowest BCUT2D eigenvalue weighted by Gasteiger charge is -2.06. The van der Waals surface area contributed by atoms with Crippen molar-refractivity contribution in [1.29, 1.82) is 0 Å². The zero-order valence-corrected chi connectivity index (χ0v) is 8.47. The molecule has 1 aromatic carbocycles. The summed E-state index contributed by atoms with van der Waals surface area (Å²) in [6.07, 6.45) is 0. The van der Waals surface area contributed by atoms with E-state index in [1.807, 2.05) is 0 Å². The first-order chi connectivity index (χ1) is 6.65. The van der Waals surface area contributed by atoms with Gasteiger partial charge in [-0.25, -0.2) is 0 Å². The SMILES string of the molecule is CC(=O)Nc1ccccc1C(=O)CCl. The van der Waals surface area contributed by atoms with Gasteiger partial charge < -0.3 is 5.32 Å². The van der Waals surface area contributed by atoms with Crippen molar-refractivity contribution in [2.75, 3.05) is 11.2 Å². The molecule has 4 heteroatoms. The average Bonchev–Trinajstić information content (AvgIpc) is 2.16. The minimum absolute atomic E-state index is 0.0867. The third-order valence-corrected chi connectivity index (χ3v) is 1.90. The summed E-state index contributed by atoms with van der Waals surface area (Å²) in [5, 5.41) is 2.57. The lowest BCUT2D eigenvalue weighted by molar-refractivity contribution is -0.114. The van der Waals surface area contributed by atoms with Gasteiger partial charge in [-0.3, -0.25) is 9.59 Å². The third kappa shape index (κ3) is 2.57. The van der Waals surface area contributed by atoms with Crippen molar-refractivity contribution in [2.24, 2.45) is 0 Å². The molecule has 1 rings (SSSR count). The van der Waals surface area contributed by atoms with E-state index in [4.69, 9.17) is 11.6 Å². The number of anilines is 1. The lowest BCUT2D eigenvalue weighted by atomic mass is 10.1. The fraction of sp³-hybridized carbons (Fsp3) is 0.200. The molecule has 0 spiro atoms. The van der Waals surface area contributed by atoms with E-state index in [9.17, 15) is 9.59 Å². The first-order valence-corrected chi connectivity index (χ1v) is 4.64. The number of nitrogens with one attached hydrogen (secondary N) is 1. The number of alkyl halides is 1. The highest BCUT2D eigenvalue weighted by Gasteiger charge is 2.09. The summed E-state index contributed by atoms with van der Waals surface area (Å²) in [7, 11) is 0. The van der Waals surface area contributed by atoms with Gasteiger partial charge in [0.05, 0.1) is 11.6 Å². The highest BCUT2D eigenvalue weighted by Crippen LogP contribution is 2.15. The van der Waals surface area contributed by atoms with Crippen molar-refractivity contribution in [3.05, 3.63) is 29.8 Å². The van der Waals surface area contributed by atoms with E-state index in [1.54, 1.807) is 24.3 Å². The van der Waals surface area contributed by atoms with Crippen molar-refractivity contribution in [3.63, 3.8) is 0 Å². The van der Waals surface area contributed by atoms with Crippen LogP contribution in [0.15, 0.2) is 24.3 Å². The Morgan fingerprint density at radius 3 is 2.57 bits per heavy atom. The number of amides is 1. The Bertz CT molecular complexity index is 363. The smallest absolute Gasteiger partial charge is 0.221 e. The Hall–Kier alpha value is -1.35. The minimum Gasteiger partial charge on any atom is -0.326 e. The summed E-state index contributed by atoms with van der Waals surface area (Å²) in [5.41, 5.74) is 0.948. The second-order valence-electron chi connectivity index (χ2n) is 2.78. The van der Waals surface area contributed by atoms with Crippen LogP contribution in [0.5, 0.6) is 0 Å². The monoisotopic (exact) mass is 211 g/mol.